The Kier molecular flexibility index (Phi) is 5.01. The van der Waals surface area contributed by atoms with E-state index in [2.05, 4.69) is 10.5 Å². The SMILES string of the molecule is Cc1cc(C(=O)NC(/C(N)=N/O)C(C)C)c(F)cc1F. The fraction of sp³-hybridized carbons (Fsp3) is 0.385. The summed E-state index contributed by atoms with van der Waals surface area (Å²) in [4.78, 5) is 12.0. The zero-order valence-electron chi connectivity index (χ0n) is 11.4. The molecule has 0 aliphatic rings. The van der Waals surface area contributed by atoms with Crippen LogP contribution in [0.3, 0.4) is 0 Å². The van der Waals surface area contributed by atoms with E-state index in [1.54, 1.807) is 13.8 Å². The first kappa shape index (κ1) is 15.9. The fourth-order valence-corrected chi connectivity index (χ4v) is 1.69. The Morgan fingerprint density at radius 1 is 1.35 bits per heavy atom. The number of hydrogen-bond acceptors (Lipinski definition) is 3. The molecule has 0 aliphatic heterocycles. The number of amidine groups is 1. The highest BCUT2D eigenvalue weighted by molar-refractivity contribution is 5.98. The van der Waals surface area contributed by atoms with Crippen LogP contribution in [0.25, 0.3) is 0 Å². The number of halogens is 2. The first-order valence-corrected chi connectivity index (χ1v) is 6.01. The van der Waals surface area contributed by atoms with Crippen molar-refractivity contribution >= 4 is 11.7 Å². The Morgan fingerprint density at radius 2 is 1.95 bits per heavy atom. The average molecular weight is 285 g/mol. The highest BCUT2D eigenvalue weighted by Gasteiger charge is 2.23. The van der Waals surface area contributed by atoms with E-state index in [4.69, 9.17) is 10.9 Å². The van der Waals surface area contributed by atoms with Crippen LogP contribution in [0.15, 0.2) is 17.3 Å². The third-order valence-corrected chi connectivity index (χ3v) is 2.88. The van der Waals surface area contributed by atoms with Gasteiger partial charge in [-0.15, -0.1) is 0 Å². The van der Waals surface area contributed by atoms with E-state index >= 15 is 0 Å². The number of amides is 1. The number of aryl methyl sites for hydroxylation is 1. The van der Waals surface area contributed by atoms with E-state index in [0.717, 1.165) is 6.07 Å². The lowest BCUT2D eigenvalue weighted by Gasteiger charge is -2.21. The number of benzene rings is 1. The van der Waals surface area contributed by atoms with E-state index in [1.165, 1.54) is 6.92 Å². The molecule has 0 radical (unpaired) electrons. The topological polar surface area (TPSA) is 87.7 Å². The molecule has 110 valence electrons. The molecule has 0 spiro atoms. The summed E-state index contributed by atoms with van der Waals surface area (Å²) in [5.74, 6) is -2.80. The number of nitrogens with one attached hydrogen (secondary N) is 1. The summed E-state index contributed by atoms with van der Waals surface area (Å²) in [6.45, 7) is 4.92. The summed E-state index contributed by atoms with van der Waals surface area (Å²) in [6, 6.07) is 1.01. The maximum absolute atomic E-state index is 13.6. The van der Waals surface area contributed by atoms with Gasteiger partial charge in [-0.1, -0.05) is 19.0 Å². The maximum atomic E-state index is 13.6. The van der Waals surface area contributed by atoms with Crippen molar-refractivity contribution in [3.05, 3.63) is 34.9 Å². The van der Waals surface area contributed by atoms with Gasteiger partial charge in [0.1, 0.15) is 11.6 Å². The Balaban J connectivity index is 3.04. The second-order valence-electron chi connectivity index (χ2n) is 4.80. The minimum Gasteiger partial charge on any atom is -0.409 e. The summed E-state index contributed by atoms with van der Waals surface area (Å²) in [7, 11) is 0. The van der Waals surface area contributed by atoms with Crippen molar-refractivity contribution in [1.82, 2.24) is 5.32 Å². The number of rotatable bonds is 4. The number of carbonyl (C=O) groups is 1. The van der Waals surface area contributed by atoms with Crippen LogP contribution in [0.5, 0.6) is 0 Å². The highest BCUT2D eigenvalue weighted by Crippen LogP contribution is 2.15. The first-order valence-electron chi connectivity index (χ1n) is 6.01. The largest absolute Gasteiger partial charge is 0.409 e. The minimum atomic E-state index is -0.965. The summed E-state index contributed by atoms with van der Waals surface area (Å²) >= 11 is 0. The van der Waals surface area contributed by atoms with Crippen LogP contribution in [-0.4, -0.2) is 23.0 Å². The molecular weight excluding hydrogens is 268 g/mol. The lowest BCUT2D eigenvalue weighted by molar-refractivity contribution is 0.0934. The summed E-state index contributed by atoms with van der Waals surface area (Å²) in [6.07, 6.45) is 0. The molecule has 4 N–H and O–H groups in total. The average Bonchev–Trinajstić information content (AvgIpc) is 2.38. The van der Waals surface area contributed by atoms with Crippen molar-refractivity contribution in [2.24, 2.45) is 16.8 Å². The summed E-state index contributed by atoms with van der Waals surface area (Å²) < 4.78 is 26.8. The number of oxime groups is 1. The molecule has 1 aromatic rings. The van der Waals surface area contributed by atoms with Crippen LogP contribution in [0.4, 0.5) is 8.78 Å². The predicted molar refractivity (Wildman–Crippen MR) is 70.6 cm³/mol. The van der Waals surface area contributed by atoms with Crippen LogP contribution in [0.1, 0.15) is 29.8 Å². The van der Waals surface area contributed by atoms with Crippen LogP contribution >= 0.6 is 0 Å². The van der Waals surface area contributed by atoms with Gasteiger partial charge in [0.25, 0.3) is 5.91 Å². The molecule has 0 heterocycles. The van der Waals surface area contributed by atoms with Crippen LogP contribution in [0, 0.1) is 24.5 Å². The zero-order valence-corrected chi connectivity index (χ0v) is 11.4. The second-order valence-corrected chi connectivity index (χ2v) is 4.80. The van der Waals surface area contributed by atoms with Gasteiger partial charge in [-0.05, 0) is 24.5 Å². The van der Waals surface area contributed by atoms with E-state index in [9.17, 15) is 13.6 Å². The van der Waals surface area contributed by atoms with Gasteiger partial charge < -0.3 is 16.3 Å². The van der Waals surface area contributed by atoms with Crippen LogP contribution in [-0.2, 0) is 0 Å². The number of carbonyl (C=O) groups excluding carboxylic acids is 1. The smallest absolute Gasteiger partial charge is 0.254 e. The van der Waals surface area contributed by atoms with Crippen molar-refractivity contribution in [2.45, 2.75) is 26.8 Å². The molecule has 0 fully saturated rings. The third-order valence-electron chi connectivity index (χ3n) is 2.88. The second kappa shape index (κ2) is 6.31. The number of nitrogens with zero attached hydrogens (tertiary/aromatic N) is 1. The van der Waals surface area contributed by atoms with Gasteiger partial charge in [-0.25, -0.2) is 8.78 Å². The maximum Gasteiger partial charge on any atom is 0.254 e. The van der Waals surface area contributed by atoms with Crippen molar-refractivity contribution in [3.8, 4) is 0 Å². The lowest BCUT2D eigenvalue weighted by atomic mass is 10.0. The highest BCUT2D eigenvalue weighted by atomic mass is 19.1. The third kappa shape index (κ3) is 3.43. The lowest BCUT2D eigenvalue weighted by Crippen LogP contribution is -2.48. The van der Waals surface area contributed by atoms with E-state index in [0.29, 0.717) is 6.07 Å². The van der Waals surface area contributed by atoms with Gasteiger partial charge in [-0.3, -0.25) is 4.79 Å². The molecule has 0 aromatic heterocycles. The Hall–Kier alpha value is -2.18. The summed E-state index contributed by atoms with van der Waals surface area (Å²) in [5, 5.41) is 14.0. The molecule has 7 heteroatoms. The fourth-order valence-electron chi connectivity index (χ4n) is 1.69. The van der Waals surface area contributed by atoms with E-state index in [1.807, 2.05) is 0 Å². The van der Waals surface area contributed by atoms with Gasteiger partial charge in [0, 0.05) is 6.07 Å². The quantitative estimate of drug-likeness (QED) is 0.341. The molecule has 1 atom stereocenters. The monoisotopic (exact) mass is 285 g/mol. The normalized spacial score (nSPS) is 13.4. The minimum absolute atomic E-state index is 0.154. The molecule has 0 saturated heterocycles. The van der Waals surface area contributed by atoms with Crippen molar-refractivity contribution in [3.63, 3.8) is 0 Å². The molecule has 20 heavy (non-hydrogen) atoms. The zero-order chi connectivity index (χ0) is 15.4. The van der Waals surface area contributed by atoms with Gasteiger partial charge in [0.15, 0.2) is 5.84 Å². The molecule has 1 unspecified atom stereocenters. The molecule has 1 amide bonds. The van der Waals surface area contributed by atoms with Gasteiger partial charge in [0.05, 0.1) is 11.6 Å². The number of hydrogen-bond donors (Lipinski definition) is 3. The number of nitrogens with two attached hydrogens (primary N) is 1. The Labute approximate surface area is 115 Å². The van der Waals surface area contributed by atoms with Crippen LogP contribution in [0.2, 0.25) is 0 Å². The van der Waals surface area contributed by atoms with Crippen molar-refractivity contribution in [2.75, 3.05) is 0 Å². The molecule has 0 bridgehead atoms. The van der Waals surface area contributed by atoms with E-state index < -0.39 is 23.6 Å². The van der Waals surface area contributed by atoms with Gasteiger partial charge in [-0.2, -0.15) is 0 Å². The Bertz CT molecular complexity index is 545. The Morgan fingerprint density at radius 3 is 2.45 bits per heavy atom. The first-order chi connectivity index (χ1) is 9.27. The standard InChI is InChI=1S/C13H17F2N3O2/c1-6(2)11(12(16)18-20)17-13(19)8-4-7(3)9(14)5-10(8)15/h4-6,11,20H,1-3H3,(H2,16,18)(H,17,19). The predicted octanol–water partition coefficient (Wildman–Crippen LogP) is 1.77. The van der Waals surface area contributed by atoms with E-state index in [-0.39, 0.29) is 22.9 Å². The van der Waals surface area contributed by atoms with Crippen LogP contribution < -0.4 is 11.1 Å². The molecule has 0 saturated carbocycles. The summed E-state index contributed by atoms with van der Waals surface area (Å²) in [5.41, 5.74) is 5.33. The van der Waals surface area contributed by atoms with Crippen molar-refractivity contribution in [1.29, 1.82) is 0 Å². The van der Waals surface area contributed by atoms with Gasteiger partial charge >= 0.3 is 0 Å². The molecule has 5 nitrogen and oxygen atoms in total. The molecule has 1 rings (SSSR count). The molecular formula is C13H17F2N3O2. The molecule has 0 aliphatic carbocycles. The molecule has 1 aromatic carbocycles. The van der Waals surface area contributed by atoms with Crippen molar-refractivity contribution < 1.29 is 18.8 Å². The van der Waals surface area contributed by atoms with Gasteiger partial charge in [0.2, 0.25) is 0 Å².